The first-order chi connectivity index (χ1) is 9.56. The van der Waals surface area contributed by atoms with Gasteiger partial charge in [-0.25, -0.2) is 18.3 Å². The van der Waals surface area contributed by atoms with Crippen LogP contribution in [0.4, 0.5) is 14.7 Å². The van der Waals surface area contributed by atoms with Crippen LogP contribution in [0.2, 0.25) is 0 Å². The molecule has 1 aliphatic heterocycles. The van der Waals surface area contributed by atoms with Crippen molar-refractivity contribution in [2.45, 2.75) is 12.5 Å². The van der Waals surface area contributed by atoms with Gasteiger partial charge in [0.15, 0.2) is 0 Å². The van der Waals surface area contributed by atoms with Crippen molar-refractivity contribution >= 4 is 11.9 Å². The number of nitrogens with one attached hydrogen (secondary N) is 1. The molecule has 6 nitrogen and oxygen atoms in total. The number of carboxylic acids is 1. The Kier molecular flexibility index (Phi) is 2.85. The number of hydrogen-bond acceptors (Lipinski definition) is 4. The van der Waals surface area contributed by atoms with E-state index in [4.69, 9.17) is 5.11 Å². The maximum absolute atomic E-state index is 13.9. The third-order valence-corrected chi connectivity index (χ3v) is 3.14. The minimum absolute atomic E-state index is 0.260. The Morgan fingerprint density at radius 1 is 1.45 bits per heavy atom. The molecule has 0 fully saturated rings. The largest absolute Gasteiger partial charge is 0.475 e. The van der Waals surface area contributed by atoms with E-state index < -0.39 is 23.6 Å². The molecule has 2 heterocycles. The predicted molar refractivity (Wildman–Crippen MR) is 64.6 cm³/mol. The average molecular weight is 280 g/mol. The van der Waals surface area contributed by atoms with Crippen LogP contribution in [0.3, 0.4) is 0 Å². The molecule has 0 saturated heterocycles. The number of nitrogens with zero attached hydrogens (tertiary/aromatic N) is 3. The summed E-state index contributed by atoms with van der Waals surface area (Å²) in [6.45, 7) is 0.499. The summed E-state index contributed by atoms with van der Waals surface area (Å²) in [5, 5.41) is 15.6. The lowest BCUT2D eigenvalue weighted by atomic mass is 10.0. The molecule has 1 aromatic heterocycles. The topological polar surface area (TPSA) is 80.0 Å². The Balaban J connectivity index is 2.07. The van der Waals surface area contributed by atoms with E-state index in [2.05, 4.69) is 15.4 Å². The lowest BCUT2D eigenvalue weighted by molar-refractivity contribution is 0.0683. The Morgan fingerprint density at radius 3 is 2.95 bits per heavy atom. The van der Waals surface area contributed by atoms with Gasteiger partial charge in [-0.15, -0.1) is 5.10 Å². The van der Waals surface area contributed by atoms with Crippen LogP contribution in [-0.4, -0.2) is 32.4 Å². The van der Waals surface area contributed by atoms with E-state index in [1.165, 1.54) is 10.7 Å². The summed E-state index contributed by atoms with van der Waals surface area (Å²) in [6.07, 6.45) is 0.498. The van der Waals surface area contributed by atoms with Crippen molar-refractivity contribution in [2.75, 3.05) is 11.9 Å². The molecule has 1 aromatic carbocycles. The second-order valence-corrected chi connectivity index (χ2v) is 4.41. The van der Waals surface area contributed by atoms with Crippen LogP contribution in [0.5, 0.6) is 0 Å². The molecule has 0 amide bonds. The highest BCUT2D eigenvalue weighted by Crippen LogP contribution is 2.30. The summed E-state index contributed by atoms with van der Waals surface area (Å²) < 4.78 is 28.1. The molecule has 3 rings (SSSR count). The number of halogens is 2. The van der Waals surface area contributed by atoms with Gasteiger partial charge in [-0.3, -0.25) is 0 Å². The van der Waals surface area contributed by atoms with Crippen LogP contribution in [0.25, 0.3) is 0 Å². The van der Waals surface area contributed by atoms with E-state index in [1.807, 2.05) is 0 Å². The number of carboxylic acid groups (broad SMARTS) is 1. The fourth-order valence-corrected chi connectivity index (χ4v) is 2.25. The number of anilines is 1. The highest BCUT2D eigenvalue weighted by Gasteiger charge is 2.28. The van der Waals surface area contributed by atoms with Crippen molar-refractivity contribution in [2.24, 2.45) is 0 Å². The summed E-state index contributed by atoms with van der Waals surface area (Å²) in [5.74, 6) is -2.70. The summed E-state index contributed by atoms with van der Waals surface area (Å²) in [4.78, 5) is 14.7. The number of hydrogen-bond donors (Lipinski definition) is 2. The molecule has 0 saturated carbocycles. The van der Waals surface area contributed by atoms with Gasteiger partial charge in [0.25, 0.3) is 5.82 Å². The molecule has 20 heavy (non-hydrogen) atoms. The van der Waals surface area contributed by atoms with E-state index >= 15 is 0 Å². The first-order valence-electron chi connectivity index (χ1n) is 5.95. The minimum Gasteiger partial charge on any atom is -0.475 e. The standard InChI is InChI=1S/C12H10F2N4O2/c13-6-1-2-7(8(14)5-6)9-3-4-15-12-16-10(11(19)20)17-18(9)12/h1-2,5,9H,3-4H2,(H,19,20)(H,15,16,17). The third kappa shape index (κ3) is 1.98. The molecular formula is C12H10F2N4O2. The number of aromatic carboxylic acids is 1. The molecule has 0 radical (unpaired) electrons. The third-order valence-electron chi connectivity index (χ3n) is 3.14. The van der Waals surface area contributed by atoms with Crippen LogP contribution in [-0.2, 0) is 0 Å². The van der Waals surface area contributed by atoms with Gasteiger partial charge in [-0.05, 0) is 12.5 Å². The fraction of sp³-hybridized carbons (Fsp3) is 0.250. The lowest BCUT2D eigenvalue weighted by Crippen LogP contribution is -2.25. The van der Waals surface area contributed by atoms with E-state index in [-0.39, 0.29) is 17.3 Å². The molecule has 1 atom stereocenters. The van der Waals surface area contributed by atoms with E-state index in [0.717, 1.165) is 12.1 Å². The maximum atomic E-state index is 13.9. The zero-order chi connectivity index (χ0) is 14.3. The van der Waals surface area contributed by atoms with Crippen molar-refractivity contribution in [3.8, 4) is 0 Å². The normalized spacial score (nSPS) is 17.4. The van der Waals surface area contributed by atoms with Gasteiger partial charge < -0.3 is 10.4 Å². The van der Waals surface area contributed by atoms with E-state index in [0.29, 0.717) is 13.0 Å². The quantitative estimate of drug-likeness (QED) is 0.874. The van der Waals surface area contributed by atoms with E-state index in [9.17, 15) is 13.6 Å². The van der Waals surface area contributed by atoms with Gasteiger partial charge in [0.1, 0.15) is 11.6 Å². The van der Waals surface area contributed by atoms with Crippen molar-refractivity contribution in [3.05, 3.63) is 41.2 Å². The Morgan fingerprint density at radius 2 is 2.25 bits per heavy atom. The molecule has 8 heteroatoms. The predicted octanol–water partition coefficient (Wildman–Crippen LogP) is 1.66. The molecule has 104 valence electrons. The second-order valence-electron chi connectivity index (χ2n) is 4.41. The van der Waals surface area contributed by atoms with Crippen molar-refractivity contribution in [1.82, 2.24) is 14.8 Å². The van der Waals surface area contributed by atoms with Crippen LogP contribution < -0.4 is 5.32 Å². The van der Waals surface area contributed by atoms with Gasteiger partial charge >= 0.3 is 5.97 Å². The van der Waals surface area contributed by atoms with Crippen LogP contribution in [0.1, 0.15) is 28.6 Å². The van der Waals surface area contributed by atoms with Crippen molar-refractivity contribution in [1.29, 1.82) is 0 Å². The highest BCUT2D eigenvalue weighted by molar-refractivity contribution is 5.83. The van der Waals surface area contributed by atoms with Gasteiger partial charge in [0.05, 0.1) is 6.04 Å². The number of benzene rings is 1. The van der Waals surface area contributed by atoms with Gasteiger partial charge in [-0.1, -0.05) is 6.07 Å². The monoisotopic (exact) mass is 280 g/mol. The lowest BCUT2D eigenvalue weighted by Gasteiger charge is -2.24. The smallest absolute Gasteiger partial charge is 0.375 e. The molecule has 0 aliphatic carbocycles. The molecule has 0 bridgehead atoms. The number of carbonyl (C=O) groups is 1. The van der Waals surface area contributed by atoms with Crippen molar-refractivity contribution < 1.29 is 18.7 Å². The fourth-order valence-electron chi connectivity index (χ4n) is 2.25. The summed E-state index contributed by atoms with van der Waals surface area (Å²) in [7, 11) is 0. The summed E-state index contributed by atoms with van der Waals surface area (Å²) in [5.41, 5.74) is 0.260. The Hall–Kier alpha value is -2.51. The number of fused-ring (bicyclic) bond motifs is 1. The Labute approximate surface area is 112 Å². The molecule has 1 unspecified atom stereocenters. The minimum atomic E-state index is -1.26. The molecule has 1 aliphatic rings. The maximum Gasteiger partial charge on any atom is 0.375 e. The summed E-state index contributed by atoms with van der Waals surface area (Å²) >= 11 is 0. The van der Waals surface area contributed by atoms with Crippen LogP contribution in [0.15, 0.2) is 18.2 Å². The highest BCUT2D eigenvalue weighted by atomic mass is 19.1. The number of rotatable bonds is 2. The summed E-state index contributed by atoms with van der Waals surface area (Å²) in [6, 6.07) is 2.79. The van der Waals surface area contributed by atoms with Crippen LogP contribution in [0, 0.1) is 11.6 Å². The van der Waals surface area contributed by atoms with Gasteiger partial charge in [-0.2, -0.15) is 4.98 Å². The Bertz CT molecular complexity index is 686. The molecule has 2 aromatic rings. The average Bonchev–Trinajstić information content (AvgIpc) is 2.83. The first kappa shape index (κ1) is 12.5. The zero-order valence-corrected chi connectivity index (χ0v) is 10.2. The van der Waals surface area contributed by atoms with Crippen molar-refractivity contribution in [3.63, 3.8) is 0 Å². The van der Waals surface area contributed by atoms with Gasteiger partial charge in [0, 0.05) is 18.2 Å². The molecular weight excluding hydrogens is 270 g/mol. The van der Waals surface area contributed by atoms with Gasteiger partial charge in [0.2, 0.25) is 5.95 Å². The van der Waals surface area contributed by atoms with Crippen LogP contribution >= 0.6 is 0 Å². The molecule has 0 spiro atoms. The molecule has 2 N–H and O–H groups in total. The second kappa shape index (κ2) is 4.55. The first-order valence-corrected chi connectivity index (χ1v) is 5.95. The van der Waals surface area contributed by atoms with E-state index in [1.54, 1.807) is 0 Å². The number of aromatic nitrogens is 3. The zero-order valence-electron chi connectivity index (χ0n) is 10.2. The SMILES string of the molecule is O=C(O)c1nc2n(n1)C(c1ccc(F)cc1F)CCN2.